The van der Waals surface area contributed by atoms with Gasteiger partial charge in [-0.15, -0.1) is 0 Å². The van der Waals surface area contributed by atoms with Gasteiger partial charge >= 0.3 is 6.72 Å². The molecule has 4 aromatic rings. The molecular formula is C27H39N10O8PS. The number of fused-ring (bicyclic) bond motifs is 2. The van der Waals surface area contributed by atoms with Gasteiger partial charge in [0.05, 0.1) is 44.7 Å². The molecule has 256 valence electrons. The van der Waals surface area contributed by atoms with Gasteiger partial charge in [0, 0.05) is 13.0 Å². The fourth-order valence-corrected chi connectivity index (χ4v) is 7.24. The maximum absolute atomic E-state index is 12.6. The molecule has 2 fully saturated rings. The van der Waals surface area contributed by atoms with Gasteiger partial charge in [-0.05, 0) is 36.5 Å². The molecular weight excluding hydrogens is 655 g/mol. The third-order valence-electron chi connectivity index (χ3n) is 8.16. The van der Waals surface area contributed by atoms with E-state index in [2.05, 4.69) is 54.5 Å². The smallest absolute Gasteiger partial charge is 0.324 e. The van der Waals surface area contributed by atoms with E-state index in [4.69, 9.17) is 35.2 Å². The summed E-state index contributed by atoms with van der Waals surface area (Å²) < 4.78 is 27.7. The first-order chi connectivity index (χ1) is 22.5. The third kappa shape index (κ3) is 7.12. The summed E-state index contributed by atoms with van der Waals surface area (Å²) in [6, 6.07) is 0. The van der Waals surface area contributed by atoms with E-state index in [9.17, 15) is 14.5 Å². The summed E-state index contributed by atoms with van der Waals surface area (Å²) in [5.41, 5.74) is 2.80. The Morgan fingerprint density at radius 3 is 2.26 bits per heavy atom. The fourth-order valence-electron chi connectivity index (χ4n) is 5.76. The molecule has 5 N–H and O–H groups in total. The van der Waals surface area contributed by atoms with Crippen molar-refractivity contribution in [2.24, 2.45) is 11.8 Å². The van der Waals surface area contributed by atoms with Crippen molar-refractivity contribution in [1.82, 2.24) is 39.0 Å². The molecule has 2 aliphatic heterocycles. The highest BCUT2D eigenvalue weighted by atomic mass is 32.5. The molecule has 0 amide bonds. The van der Waals surface area contributed by atoms with Gasteiger partial charge in [0.2, 0.25) is 11.9 Å². The molecule has 20 heteroatoms. The first kappa shape index (κ1) is 33.6. The van der Waals surface area contributed by atoms with Crippen molar-refractivity contribution in [3.63, 3.8) is 0 Å². The number of aromatic amines is 2. The second kappa shape index (κ2) is 13.7. The molecule has 1 unspecified atom stereocenters. The van der Waals surface area contributed by atoms with E-state index < -0.39 is 43.0 Å². The Bertz CT molecular complexity index is 1890. The number of imidazole rings is 2. The van der Waals surface area contributed by atoms with E-state index in [1.54, 1.807) is 15.5 Å². The summed E-state index contributed by atoms with van der Waals surface area (Å²) in [6.45, 7) is 4.97. The number of hydrogen-bond donors (Lipinski definition) is 5. The summed E-state index contributed by atoms with van der Waals surface area (Å²) in [5, 5.41) is 3.15. The number of hydrogen-bond acceptors (Lipinski definition) is 14. The van der Waals surface area contributed by atoms with Crippen molar-refractivity contribution in [2.45, 2.75) is 77.7 Å². The van der Waals surface area contributed by atoms with Crippen molar-refractivity contribution in [3.05, 3.63) is 33.4 Å². The van der Waals surface area contributed by atoms with E-state index in [0.717, 1.165) is 0 Å². The van der Waals surface area contributed by atoms with E-state index in [0.29, 0.717) is 49.0 Å². The molecule has 0 bridgehead atoms. The molecule has 2 aliphatic rings. The number of nitrogens with one attached hydrogen (secondary N) is 4. The second-order valence-corrected chi connectivity index (χ2v) is 14.9. The van der Waals surface area contributed by atoms with Crippen LogP contribution in [-0.4, -0.2) is 82.5 Å². The monoisotopic (exact) mass is 694 g/mol. The molecule has 7 atom stereocenters. The Morgan fingerprint density at radius 1 is 1.04 bits per heavy atom. The molecule has 0 aliphatic carbocycles. The van der Waals surface area contributed by atoms with Crippen LogP contribution in [0.15, 0.2) is 22.2 Å². The van der Waals surface area contributed by atoms with Crippen molar-refractivity contribution >= 4 is 52.7 Å². The predicted molar refractivity (Wildman–Crippen MR) is 174 cm³/mol. The van der Waals surface area contributed by atoms with Crippen molar-refractivity contribution < 1.29 is 28.3 Å². The zero-order chi connectivity index (χ0) is 33.5. The lowest BCUT2D eigenvalue weighted by Crippen LogP contribution is -2.25. The van der Waals surface area contributed by atoms with Crippen LogP contribution in [0.25, 0.3) is 22.3 Å². The summed E-state index contributed by atoms with van der Waals surface area (Å²) >= 11 is 5.42. The highest BCUT2D eigenvalue weighted by Gasteiger charge is 2.41. The van der Waals surface area contributed by atoms with Gasteiger partial charge in [0.25, 0.3) is 11.1 Å². The zero-order valence-electron chi connectivity index (χ0n) is 26.6. The molecule has 0 saturated carbocycles. The highest BCUT2D eigenvalue weighted by Crippen LogP contribution is 2.50. The maximum Gasteiger partial charge on any atom is 0.324 e. The molecule has 0 spiro atoms. The molecule has 47 heavy (non-hydrogen) atoms. The van der Waals surface area contributed by atoms with Gasteiger partial charge in [-0.1, -0.05) is 27.7 Å². The lowest BCUT2D eigenvalue weighted by atomic mass is 10.0. The van der Waals surface area contributed by atoms with Gasteiger partial charge in [0.15, 0.2) is 22.3 Å². The zero-order valence-corrected chi connectivity index (χ0v) is 28.3. The van der Waals surface area contributed by atoms with Gasteiger partial charge < -0.3 is 28.7 Å². The minimum Gasteiger partial charge on any atom is -0.355 e. The number of H-pyrrole nitrogens is 2. The quantitative estimate of drug-likeness (QED) is 0.100. The van der Waals surface area contributed by atoms with Crippen LogP contribution in [0.5, 0.6) is 0 Å². The van der Waals surface area contributed by atoms with Crippen LogP contribution in [0, 0.1) is 11.8 Å². The Balaban J connectivity index is 1.10. The summed E-state index contributed by atoms with van der Waals surface area (Å²) in [6.07, 6.45) is 2.05. The molecule has 6 rings (SSSR count). The second-order valence-electron chi connectivity index (χ2n) is 12.1. The number of aromatic nitrogens is 8. The van der Waals surface area contributed by atoms with Crippen LogP contribution in [-0.2, 0) is 35.2 Å². The highest BCUT2D eigenvalue weighted by molar-refractivity contribution is 8.07. The summed E-state index contributed by atoms with van der Waals surface area (Å²) in [7, 11) is 1.40. The average molecular weight is 695 g/mol. The average Bonchev–Trinajstić information content (AvgIpc) is 3.80. The minimum atomic E-state index is -3.73. The number of ether oxygens (including phenoxy) is 2. The number of rotatable bonds is 13. The molecule has 2 saturated heterocycles. The van der Waals surface area contributed by atoms with Crippen molar-refractivity contribution in [3.8, 4) is 0 Å². The van der Waals surface area contributed by atoms with Crippen LogP contribution in [0.3, 0.4) is 0 Å². The third-order valence-corrected chi connectivity index (χ3v) is 9.74. The molecule has 18 nitrogen and oxygen atoms in total. The van der Waals surface area contributed by atoms with Crippen LogP contribution in [0.2, 0.25) is 0 Å². The van der Waals surface area contributed by atoms with E-state index >= 15 is 0 Å². The SMILES string of the molecule is CC[C@H]1O[C@@H](n2cnc3c(=O)[nH]c(NOC)nc32)C[C@@H]1OP(O)(=S)OC[C@H]1O[C@@H](n2cnc3c(=O)[nH]c(NCC(C)C)nc32)C[C@@H]1C. The first-order valence-corrected chi connectivity index (χ1v) is 18.0. The fraction of sp³-hybridized carbons (Fsp3) is 0.630. The normalized spacial score (nSPS) is 26.0. The van der Waals surface area contributed by atoms with Gasteiger partial charge in [0.1, 0.15) is 12.5 Å². The number of nitrogens with zero attached hydrogens (tertiary/aromatic N) is 6. The standard InChI is InChI=1S/C27H39N10O8PS/c1-6-15-16(8-19(43-15)37-12-30-21-23(37)32-27(35-41-5)34-25(21)39)45-46(40,47)42-10-17-14(4)7-18(44-17)36-11-29-20-22(36)31-26(33-24(20)38)28-9-13(2)3/h11-19H,6-10H2,1-5H3,(H,40,47)(H2,28,31,33,38)(H2,32,34,35,39)/t14-,15+,16-,17+,18+,19+,46?/m0/s1. The number of anilines is 2. The van der Waals surface area contributed by atoms with Crippen LogP contribution < -0.4 is 21.9 Å². The van der Waals surface area contributed by atoms with Crippen LogP contribution in [0.4, 0.5) is 11.9 Å². The minimum absolute atomic E-state index is 0.00475. The van der Waals surface area contributed by atoms with Crippen LogP contribution >= 0.6 is 6.72 Å². The van der Waals surface area contributed by atoms with E-state index in [-0.39, 0.29) is 35.1 Å². The molecule has 6 heterocycles. The van der Waals surface area contributed by atoms with Gasteiger partial charge in [-0.25, -0.2) is 15.4 Å². The Morgan fingerprint density at radius 2 is 1.64 bits per heavy atom. The summed E-state index contributed by atoms with van der Waals surface area (Å²) in [4.78, 5) is 63.8. The Hall–Kier alpha value is -3.29. The maximum atomic E-state index is 12.6. The topological polar surface area (TPSA) is 218 Å². The van der Waals surface area contributed by atoms with Crippen molar-refractivity contribution in [2.75, 3.05) is 31.1 Å². The lowest BCUT2D eigenvalue weighted by Gasteiger charge is -2.24. The Labute approximate surface area is 273 Å². The molecule has 0 aromatic carbocycles. The van der Waals surface area contributed by atoms with Crippen LogP contribution in [0.1, 0.15) is 59.4 Å². The molecule has 0 radical (unpaired) electrons. The van der Waals surface area contributed by atoms with Gasteiger partial charge in [-0.2, -0.15) is 9.97 Å². The molecule has 4 aromatic heterocycles. The largest absolute Gasteiger partial charge is 0.355 e. The van der Waals surface area contributed by atoms with Gasteiger partial charge in [-0.3, -0.25) is 33.5 Å². The lowest BCUT2D eigenvalue weighted by molar-refractivity contribution is -0.0324. The van der Waals surface area contributed by atoms with E-state index in [1.807, 2.05) is 13.8 Å². The predicted octanol–water partition coefficient (Wildman–Crippen LogP) is 2.53. The Kier molecular flexibility index (Phi) is 9.78. The summed E-state index contributed by atoms with van der Waals surface area (Å²) in [5.74, 6) is 0.867. The van der Waals surface area contributed by atoms with E-state index in [1.165, 1.54) is 13.4 Å². The first-order valence-electron chi connectivity index (χ1n) is 15.4. The van der Waals surface area contributed by atoms with Crippen molar-refractivity contribution in [1.29, 1.82) is 0 Å².